The van der Waals surface area contributed by atoms with Crippen LogP contribution in [0.1, 0.15) is 16.7 Å². The molecule has 0 unspecified atom stereocenters. The summed E-state index contributed by atoms with van der Waals surface area (Å²) in [6.07, 6.45) is 0. The Bertz CT molecular complexity index is 887. The molecular formula is C17H18F3IO4S. The first-order valence-corrected chi connectivity index (χ1v) is 11.8. The first-order valence-electron chi connectivity index (χ1n) is 7.39. The Hall–Kier alpha value is -1.33. The van der Waals surface area contributed by atoms with Gasteiger partial charge in [0.15, 0.2) is 0 Å². The van der Waals surface area contributed by atoms with Crippen LogP contribution in [0.15, 0.2) is 36.4 Å². The van der Waals surface area contributed by atoms with Gasteiger partial charge in [0.25, 0.3) is 0 Å². The molecular weight excluding hydrogens is 484 g/mol. The van der Waals surface area contributed by atoms with Crippen LogP contribution in [0.2, 0.25) is 0 Å². The monoisotopic (exact) mass is 502 g/mol. The van der Waals surface area contributed by atoms with E-state index in [-0.39, 0.29) is 0 Å². The zero-order valence-electron chi connectivity index (χ0n) is 14.5. The third-order valence-electron chi connectivity index (χ3n) is 3.41. The standard InChI is InChI=1S/C17H18F3IO4S/c1-11-8-12(2)16(13(3)9-11)21(25-26(22,23)17(18,19)20)14-6-5-7-15(10-14)24-4/h5-10H,1-4H3. The van der Waals surface area contributed by atoms with Crippen molar-refractivity contribution in [3.63, 3.8) is 0 Å². The maximum atomic E-state index is 12.9. The molecule has 0 aliphatic heterocycles. The van der Waals surface area contributed by atoms with E-state index in [1.54, 1.807) is 44.2 Å². The van der Waals surface area contributed by atoms with E-state index < -0.39 is 35.9 Å². The van der Waals surface area contributed by atoms with Crippen molar-refractivity contribution >= 4 is 30.4 Å². The van der Waals surface area contributed by atoms with Gasteiger partial charge in [0.05, 0.1) is 0 Å². The average Bonchev–Trinajstić information content (AvgIpc) is 2.51. The second-order valence-electron chi connectivity index (χ2n) is 5.59. The van der Waals surface area contributed by atoms with Gasteiger partial charge in [-0.15, -0.1) is 0 Å². The number of hydrogen-bond acceptors (Lipinski definition) is 4. The van der Waals surface area contributed by atoms with Crippen LogP contribution in [0.4, 0.5) is 13.2 Å². The number of alkyl halides is 3. The molecule has 2 rings (SSSR count). The summed E-state index contributed by atoms with van der Waals surface area (Å²) in [5.74, 6) is 0.417. The van der Waals surface area contributed by atoms with Crippen LogP contribution in [0.5, 0.6) is 5.75 Å². The van der Waals surface area contributed by atoms with Crippen LogP contribution >= 0.6 is 20.2 Å². The molecule has 0 saturated carbocycles. The topological polar surface area (TPSA) is 52.6 Å². The summed E-state index contributed by atoms with van der Waals surface area (Å²) < 4.78 is 73.1. The van der Waals surface area contributed by atoms with Gasteiger partial charge in [0, 0.05) is 0 Å². The summed E-state index contributed by atoms with van der Waals surface area (Å²) >= 11 is -3.43. The second kappa shape index (κ2) is 7.73. The van der Waals surface area contributed by atoms with Gasteiger partial charge in [-0.3, -0.25) is 0 Å². The molecule has 0 amide bonds. The molecule has 144 valence electrons. The number of rotatable bonds is 5. The quantitative estimate of drug-likeness (QED) is 0.429. The SMILES string of the molecule is COc1cccc(I(OS(=O)(=O)C(F)(F)F)c2c(C)cc(C)cc2C)c1. The predicted molar refractivity (Wildman–Crippen MR) is 101 cm³/mol. The Labute approximate surface area is 158 Å². The fourth-order valence-corrected chi connectivity index (χ4v) is 9.60. The number of hydrogen-bond donors (Lipinski definition) is 0. The minimum atomic E-state index is -5.73. The van der Waals surface area contributed by atoms with Crippen LogP contribution in [-0.2, 0) is 12.6 Å². The first kappa shape index (κ1) is 21.0. The molecule has 0 saturated heterocycles. The van der Waals surface area contributed by atoms with E-state index in [2.05, 4.69) is 0 Å². The number of halogens is 4. The molecule has 9 heteroatoms. The van der Waals surface area contributed by atoms with Crippen molar-refractivity contribution in [2.45, 2.75) is 26.3 Å². The second-order valence-corrected chi connectivity index (χ2v) is 11.9. The molecule has 0 spiro atoms. The Kier molecular flexibility index (Phi) is 6.24. The van der Waals surface area contributed by atoms with Gasteiger partial charge in [0.2, 0.25) is 0 Å². The third-order valence-corrected chi connectivity index (χ3v) is 11.3. The normalized spacial score (nSPS) is 12.8. The molecule has 0 bridgehead atoms. The molecule has 26 heavy (non-hydrogen) atoms. The fourth-order valence-electron chi connectivity index (χ4n) is 2.43. The Balaban J connectivity index is 2.67. The van der Waals surface area contributed by atoms with Crippen LogP contribution in [0.3, 0.4) is 0 Å². The third kappa shape index (κ3) is 4.49. The molecule has 0 aliphatic carbocycles. The van der Waals surface area contributed by atoms with Gasteiger partial charge in [0.1, 0.15) is 0 Å². The number of ether oxygens (including phenoxy) is 1. The van der Waals surface area contributed by atoms with Crippen molar-refractivity contribution in [1.82, 2.24) is 0 Å². The molecule has 0 fully saturated rings. The molecule has 4 nitrogen and oxygen atoms in total. The van der Waals surface area contributed by atoms with E-state index in [1.165, 1.54) is 13.2 Å². The zero-order chi connectivity index (χ0) is 19.7. The minimum absolute atomic E-state index is 0.399. The fraction of sp³-hybridized carbons (Fsp3) is 0.294. The van der Waals surface area contributed by atoms with E-state index in [0.717, 1.165) is 5.56 Å². The van der Waals surface area contributed by atoms with Crippen LogP contribution in [-0.4, -0.2) is 21.0 Å². The summed E-state index contributed by atoms with van der Waals surface area (Å²) in [5, 5.41) is 0. The van der Waals surface area contributed by atoms with E-state index in [4.69, 9.17) is 7.25 Å². The molecule has 0 aromatic heterocycles. The van der Waals surface area contributed by atoms with Crippen molar-refractivity contribution < 1.29 is 28.8 Å². The van der Waals surface area contributed by atoms with Crippen LogP contribution in [0, 0.1) is 27.9 Å². The summed E-state index contributed by atoms with van der Waals surface area (Å²) in [4.78, 5) is 0. The van der Waals surface area contributed by atoms with Gasteiger partial charge in [-0.05, 0) is 0 Å². The van der Waals surface area contributed by atoms with Crippen molar-refractivity contribution in [3.05, 3.63) is 60.2 Å². The van der Waals surface area contributed by atoms with Gasteiger partial charge in [-0.2, -0.15) is 0 Å². The van der Waals surface area contributed by atoms with Gasteiger partial charge >= 0.3 is 159 Å². The summed E-state index contributed by atoms with van der Waals surface area (Å²) in [7, 11) is -4.30. The van der Waals surface area contributed by atoms with Crippen LogP contribution in [0.25, 0.3) is 0 Å². The summed E-state index contributed by atoms with van der Waals surface area (Å²) in [5.41, 5.74) is -3.14. The molecule has 2 aromatic rings. The average molecular weight is 502 g/mol. The molecule has 0 atom stereocenters. The van der Waals surface area contributed by atoms with Gasteiger partial charge in [-0.1, -0.05) is 0 Å². The van der Waals surface area contributed by atoms with Crippen molar-refractivity contribution in [2.75, 3.05) is 7.11 Å². The van der Waals surface area contributed by atoms with E-state index in [9.17, 15) is 21.6 Å². The molecule has 0 heterocycles. The molecule has 0 radical (unpaired) electrons. The Morgan fingerprint density at radius 1 is 1.00 bits per heavy atom. The van der Waals surface area contributed by atoms with E-state index in [0.29, 0.717) is 24.0 Å². The van der Waals surface area contributed by atoms with Crippen molar-refractivity contribution in [1.29, 1.82) is 0 Å². The summed E-state index contributed by atoms with van der Waals surface area (Å²) in [6.45, 7) is 5.34. The Morgan fingerprint density at radius 2 is 1.58 bits per heavy atom. The first-order chi connectivity index (χ1) is 12.0. The molecule has 0 N–H and O–H groups in total. The van der Waals surface area contributed by atoms with E-state index in [1.807, 2.05) is 6.92 Å². The number of benzene rings is 2. The zero-order valence-corrected chi connectivity index (χ0v) is 17.5. The Morgan fingerprint density at radius 3 is 2.08 bits per heavy atom. The van der Waals surface area contributed by atoms with Gasteiger partial charge in [-0.25, -0.2) is 0 Å². The number of aryl methyl sites for hydroxylation is 3. The van der Waals surface area contributed by atoms with E-state index >= 15 is 0 Å². The molecule has 2 aromatic carbocycles. The maximum absolute atomic E-state index is 12.9. The van der Waals surface area contributed by atoms with Crippen LogP contribution < -0.4 is 4.74 Å². The van der Waals surface area contributed by atoms with Crippen molar-refractivity contribution in [2.24, 2.45) is 0 Å². The van der Waals surface area contributed by atoms with Gasteiger partial charge < -0.3 is 0 Å². The summed E-state index contributed by atoms with van der Waals surface area (Å²) in [6, 6.07) is 9.92. The molecule has 0 aliphatic rings. The number of methoxy groups -OCH3 is 1. The predicted octanol–water partition coefficient (Wildman–Crippen LogP) is 4.95. The van der Waals surface area contributed by atoms with Crippen molar-refractivity contribution in [3.8, 4) is 5.75 Å².